The number of hydrogen-bond acceptors (Lipinski definition) is 3. The first-order chi connectivity index (χ1) is 8.97. The van der Waals surface area contributed by atoms with Gasteiger partial charge in [0.25, 0.3) is 0 Å². The summed E-state index contributed by atoms with van der Waals surface area (Å²) in [6.45, 7) is 0. The third-order valence-corrected chi connectivity index (χ3v) is 3.22. The molecule has 0 bridgehead atoms. The number of halogens is 3. The number of carboxylic acid groups (broad SMARTS) is 1. The van der Waals surface area contributed by atoms with Gasteiger partial charge in [0.1, 0.15) is 5.82 Å². The van der Waals surface area contributed by atoms with Gasteiger partial charge >= 0.3 is 5.97 Å². The van der Waals surface area contributed by atoms with Crippen molar-refractivity contribution in [2.75, 3.05) is 0 Å². The van der Waals surface area contributed by atoms with Crippen LogP contribution in [0.25, 0.3) is 0 Å². The fourth-order valence-electron chi connectivity index (χ4n) is 1.47. The van der Waals surface area contributed by atoms with E-state index in [0.717, 1.165) is 5.56 Å². The summed E-state index contributed by atoms with van der Waals surface area (Å²) in [5.41, 5.74) is 0.529. The highest BCUT2D eigenvalue weighted by atomic mass is 35.5. The zero-order valence-corrected chi connectivity index (χ0v) is 11.7. The van der Waals surface area contributed by atoms with Crippen molar-refractivity contribution in [2.24, 2.45) is 0 Å². The molecule has 98 valence electrons. The van der Waals surface area contributed by atoms with Crippen molar-refractivity contribution in [2.45, 2.75) is 6.42 Å². The fraction of sp³-hybridized carbons (Fsp3) is 0.0833. The van der Waals surface area contributed by atoms with Crippen LogP contribution >= 0.6 is 34.8 Å². The SMILES string of the molecule is O=C(O)c1nc(Cc2ccc(Cl)cc2Cl)ncc1Cl. The monoisotopic (exact) mass is 316 g/mol. The summed E-state index contributed by atoms with van der Waals surface area (Å²) in [6, 6.07) is 5.03. The molecule has 0 aliphatic rings. The average molecular weight is 318 g/mol. The Balaban J connectivity index is 2.33. The number of aromatic carboxylic acids is 1. The van der Waals surface area contributed by atoms with Crippen LogP contribution in [0.4, 0.5) is 0 Å². The maximum Gasteiger partial charge on any atom is 0.356 e. The second-order valence-electron chi connectivity index (χ2n) is 3.70. The molecule has 1 heterocycles. The second-order valence-corrected chi connectivity index (χ2v) is 4.95. The van der Waals surface area contributed by atoms with Gasteiger partial charge < -0.3 is 5.11 Å². The van der Waals surface area contributed by atoms with E-state index in [4.69, 9.17) is 39.9 Å². The lowest BCUT2D eigenvalue weighted by atomic mass is 10.1. The summed E-state index contributed by atoms with van der Waals surface area (Å²) >= 11 is 17.5. The molecule has 0 amide bonds. The predicted molar refractivity (Wildman–Crippen MR) is 73.3 cm³/mol. The van der Waals surface area contributed by atoms with Gasteiger partial charge in [0.05, 0.1) is 11.2 Å². The Hall–Kier alpha value is -1.36. The molecule has 0 saturated heterocycles. The lowest BCUT2D eigenvalue weighted by Gasteiger charge is -2.05. The van der Waals surface area contributed by atoms with E-state index in [1.54, 1.807) is 18.2 Å². The number of aromatic nitrogens is 2. The van der Waals surface area contributed by atoms with Gasteiger partial charge in [-0.1, -0.05) is 40.9 Å². The van der Waals surface area contributed by atoms with Crippen molar-refractivity contribution >= 4 is 40.8 Å². The maximum absolute atomic E-state index is 10.9. The van der Waals surface area contributed by atoms with Crippen LogP contribution in [0.1, 0.15) is 21.9 Å². The molecule has 2 aromatic rings. The van der Waals surface area contributed by atoms with Crippen LogP contribution in [0.3, 0.4) is 0 Å². The summed E-state index contributed by atoms with van der Waals surface area (Å²) in [5.74, 6) is -0.873. The zero-order valence-electron chi connectivity index (χ0n) is 9.40. The van der Waals surface area contributed by atoms with E-state index >= 15 is 0 Å². The third kappa shape index (κ3) is 3.35. The predicted octanol–water partition coefficient (Wildman–Crippen LogP) is 3.73. The highest BCUT2D eigenvalue weighted by Crippen LogP contribution is 2.23. The van der Waals surface area contributed by atoms with Crippen LogP contribution in [0, 0.1) is 0 Å². The van der Waals surface area contributed by atoms with Crippen molar-refractivity contribution in [1.29, 1.82) is 0 Å². The van der Waals surface area contributed by atoms with Gasteiger partial charge in [-0.15, -0.1) is 0 Å². The fourth-order valence-corrected chi connectivity index (χ4v) is 2.12. The van der Waals surface area contributed by atoms with Gasteiger partial charge in [-0.05, 0) is 17.7 Å². The number of benzene rings is 1. The molecule has 0 spiro atoms. The molecule has 19 heavy (non-hydrogen) atoms. The van der Waals surface area contributed by atoms with E-state index in [-0.39, 0.29) is 10.7 Å². The molecule has 0 unspecified atom stereocenters. The van der Waals surface area contributed by atoms with E-state index in [1.165, 1.54) is 6.20 Å². The molecule has 7 heteroatoms. The summed E-state index contributed by atoms with van der Waals surface area (Å²) in [5, 5.41) is 9.93. The zero-order chi connectivity index (χ0) is 14.0. The van der Waals surface area contributed by atoms with Crippen LogP contribution in [-0.2, 0) is 6.42 Å². The van der Waals surface area contributed by atoms with E-state index in [9.17, 15) is 4.79 Å². The van der Waals surface area contributed by atoms with Crippen molar-refractivity contribution in [3.63, 3.8) is 0 Å². The Kier molecular flexibility index (Phi) is 4.24. The number of hydrogen-bond donors (Lipinski definition) is 1. The highest BCUT2D eigenvalue weighted by Gasteiger charge is 2.13. The highest BCUT2D eigenvalue weighted by molar-refractivity contribution is 6.35. The summed E-state index contributed by atoms with van der Waals surface area (Å²) in [7, 11) is 0. The lowest BCUT2D eigenvalue weighted by Crippen LogP contribution is -2.06. The number of carboxylic acids is 1. The maximum atomic E-state index is 10.9. The van der Waals surface area contributed by atoms with Gasteiger partial charge in [-0.2, -0.15) is 0 Å². The number of carbonyl (C=O) groups is 1. The normalized spacial score (nSPS) is 10.5. The summed E-state index contributed by atoms with van der Waals surface area (Å²) in [4.78, 5) is 18.8. The first kappa shape index (κ1) is 14.1. The van der Waals surface area contributed by atoms with E-state index < -0.39 is 5.97 Å². The van der Waals surface area contributed by atoms with Gasteiger partial charge in [0, 0.05) is 16.5 Å². The molecular formula is C12H7Cl3N2O2. The molecule has 1 N–H and O–H groups in total. The molecule has 4 nitrogen and oxygen atoms in total. The molecule has 1 aromatic heterocycles. The van der Waals surface area contributed by atoms with Crippen LogP contribution in [-0.4, -0.2) is 21.0 Å². The molecule has 0 aliphatic carbocycles. The van der Waals surface area contributed by atoms with Crippen molar-refractivity contribution in [3.8, 4) is 0 Å². The Bertz CT molecular complexity index is 647. The Labute approximate surface area is 124 Å². The minimum atomic E-state index is -1.20. The van der Waals surface area contributed by atoms with Crippen molar-refractivity contribution in [1.82, 2.24) is 9.97 Å². The standard InChI is InChI=1S/C12H7Cl3N2O2/c13-7-2-1-6(8(14)4-7)3-10-16-5-9(15)11(17-10)12(18)19/h1-2,4-5H,3H2,(H,18,19). The number of rotatable bonds is 3. The van der Waals surface area contributed by atoms with Crippen molar-refractivity contribution < 1.29 is 9.90 Å². The molecule has 2 rings (SSSR count). The van der Waals surface area contributed by atoms with E-state index in [0.29, 0.717) is 22.3 Å². The molecule has 0 saturated carbocycles. The van der Waals surface area contributed by atoms with Crippen LogP contribution in [0.2, 0.25) is 15.1 Å². The van der Waals surface area contributed by atoms with Crippen LogP contribution < -0.4 is 0 Å². The van der Waals surface area contributed by atoms with E-state index in [2.05, 4.69) is 9.97 Å². The molecule has 0 fully saturated rings. The minimum Gasteiger partial charge on any atom is -0.476 e. The van der Waals surface area contributed by atoms with Crippen LogP contribution in [0.5, 0.6) is 0 Å². The van der Waals surface area contributed by atoms with Gasteiger partial charge in [-0.3, -0.25) is 0 Å². The largest absolute Gasteiger partial charge is 0.476 e. The molecule has 1 aromatic carbocycles. The molecule has 0 atom stereocenters. The quantitative estimate of drug-likeness (QED) is 0.937. The third-order valence-electron chi connectivity index (χ3n) is 2.36. The Morgan fingerprint density at radius 3 is 2.58 bits per heavy atom. The molecule has 0 aliphatic heterocycles. The summed E-state index contributed by atoms with van der Waals surface area (Å²) < 4.78 is 0. The first-order valence-electron chi connectivity index (χ1n) is 5.16. The first-order valence-corrected chi connectivity index (χ1v) is 6.29. The molecule has 0 radical (unpaired) electrons. The van der Waals surface area contributed by atoms with E-state index in [1.807, 2.05) is 0 Å². The lowest BCUT2D eigenvalue weighted by molar-refractivity contribution is 0.0690. The van der Waals surface area contributed by atoms with Crippen molar-refractivity contribution in [3.05, 3.63) is 56.5 Å². The minimum absolute atomic E-state index is 0.00143. The number of nitrogens with zero attached hydrogens (tertiary/aromatic N) is 2. The molecular weight excluding hydrogens is 311 g/mol. The second kappa shape index (κ2) is 5.74. The van der Waals surface area contributed by atoms with Gasteiger partial charge in [-0.25, -0.2) is 14.8 Å². The smallest absolute Gasteiger partial charge is 0.356 e. The van der Waals surface area contributed by atoms with Gasteiger partial charge in [0.2, 0.25) is 0 Å². The Morgan fingerprint density at radius 2 is 1.95 bits per heavy atom. The van der Waals surface area contributed by atoms with Gasteiger partial charge in [0.15, 0.2) is 5.69 Å². The average Bonchev–Trinajstić information content (AvgIpc) is 2.34. The van der Waals surface area contributed by atoms with Crippen LogP contribution in [0.15, 0.2) is 24.4 Å². The summed E-state index contributed by atoms with van der Waals surface area (Å²) in [6.07, 6.45) is 1.56. The Morgan fingerprint density at radius 1 is 1.21 bits per heavy atom. The topological polar surface area (TPSA) is 63.1 Å².